The van der Waals surface area contributed by atoms with E-state index in [0.29, 0.717) is 12.3 Å². The largest absolute Gasteiger partial charge is 0.508 e. The summed E-state index contributed by atoms with van der Waals surface area (Å²) >= 11 is 3.41. The summed E-state index contributed by atoms with van der Waals surface area (Å²) < 4.78 is 0. The lowest BCUT2D eigenvalue weighted by Crippen LogP contribution is -2.25. The van der Waals surface area contributed by atoms with Crippen LogP contribution in [0, 0.1) is 12.8 Å². The van der Waals surface area contributed by atoms with Gasteiger partial charge in [-0.15, -0.1) is 0 Å². The summed E-state index contributed by atoms with van der Waals surface area (Å²) in [6.45, 7) is 2.67. The SMILES string of the molecule is Cc1cc(O)ccc1N1CC(CBr)CC1=O. The van der Waals surface area contributed by atoms with Gasteiger partial charge >= 0.3 is 0 Å². The minimum Gasteiger partial charge on any atom is -0.508 e. The molecule has 1 atom stereocenters. The summed E-state index contributed by atoms with van der Waals surface area (Å²) in [5.74, 6) is 0.795. The molecule has 0 aromatic heterocycles. The maximum atomic E-state index is 11.8. The van der Waals surface area contributed by atoms with Gasteiger partial charge in [0.05, 0.1) is 0 Å². The van der Waals surface area contributed by atoms with Gasteiger partial charge in [-0.3, -0.25) is 4.79 Å². The Morgan fingerprint density at radius 3 is 2.88 bits per heavy atom. The highest BCUT2D eigenvalue weighted by molar-refractivity contribution is 9.09. The minimum atomic E-state index is 0.165. The summed E-state index contributed by atoms with van der Waals surface area (Å²) in [7, 11) is 0. The molecule has 1 fully saturated rings. The third kappa shape index (κ3) is 2.07. The van der Waals surface area contributed by atoms with Gasteiger partial charge in [-0.1, -0.05) is 15.9 Å². The fourth-order valence-corrected chi connectivity index (χ4v) is 2.49. The normalized spacial score (nSPS) is 20.5. The molecule has 2 rings (SSSR count). The molecular weight excluding hydrogens is 270 g/mol. The average molecular weight is 284 g/mol. The van der Waals surface area contributed by atoms with Crippen molar-refractivity contribution in [3.8, 4) is 5.75 Å². The molecule has 86 valence electrons. The van der Waals surface area contributed by atoms with Gasteiger partial charge in [-0.2, -0.15) is 0 Å². The summed E-state index contributed by atoms with van der Waals surface area (Å²) in [6.07, 6.45) is 0.603. The van der Waals surface area contributed by atoms with E-state index in [-0.39, 0.29) is 11.7 Å². The number of carbonyl (C=O) groups is 1. The number of hydrogen-bond acceptors (Lipinski definition) is 2. The van der Waals surface area contributed by atoms with Crippen molar-refractivity contribution in [2.24, 2.45) is 5.92 Å². The number of alkyl halides is 1. The number of benzene rings is 1. The number of aryl methyl sites for hydroxylation is 1. The molecule has 1 aliphatic rings. The van der Waals surface area contributed by atoms with Crippen LogP contribution in [0.15, 0.2) is 18.2 Å². The van der Waals surface area contributed by atoms with Crippen molar-refractivity contribution in [3.63, 3.8) is 0 Å². The number of phenolic OH excluding ortho intramolecular Hbond substituents is 1. The highest BCUT2D eigenvalue weighted by atomic mass is 79.9. The van der Waals surface area contributed by atoms with Crippen LogP contribution < -0.4 is 4.90 Å². The molecule has 1 aromatic carbocycles. The lowest BCUT2D eigenvalue weighted by molar-refractivity contribution is -0.117. The van der Waals surface area contributed by atoms with Crippen molar-refractivity contribution in [3.05, 3.63) is 23.8 Å². The number of phenols is 1. The van der Waals surface area contributed by atoms with Gasteiger partial charge in [0.25, 0.3) is 0 Å². The molecule has 1 aliphatic heterocycles. The summed E-state index contributed by atoms with van der Waals surface area (Å²) in [4.78, 5) is 13.6. The minimum absolute atomic E-state index is 0.165. The predicted octanol–water partition coefficient (Wildman–Crippen LogP) is 2.45. The fraction of sp³-hybridized carbons (Fsp3) is 0.417. The van der Waals surface area contributed by atoms with E-state index in [1.807, 2.05) is 6.92 Å². The first-order valence-electron chi connectivity index (χ1n) is 5.27. The topological polar surface area (TPSA) is 40.5 Å². The van der Waals surface area contributed by atoms with Crippen LogP contribution in [0.5, 0.6) is 5.75 Å². The van der Waals surface area contributed by atoms with Gasteiger partial charge in [0.1, 0.15) is 5.75 Å². The van der Waals surface area contributed by atoms with Crippen molar-refractivity contribution in [1.82, 2.24) is 0 Å². The second-order valence-corrected chi connectivity index (χ2v) is 4.85. The molecule has 0 radical (unpaired) electrons. The average Bonchev–Trinajstić information content (AvgIpc) is 2.60. The van der Waals surface area contributed by atoms with Crippen LogP contribution in [0.4, 0.5) is 5.69 Å². The zero-order valence-electron chi connectivity index (χ0n) is 9.11. The Bertz CT molecular complexity index is 419. The van der Waals surface area contributed by atoms with Crippen molar-refractivity contribution < 1.29 is 9.90 Å². The zero-order chi connectivity index (χ0) is 11.7. The van der Waals surface area contributed by atoms with Gasteiger partial charge in [0.2, 0.25) is 5.91 Å². The number of carbonyl (C=O) groups excluding carboxylic acids is 1. The predicted molar refractivity (Wildman–Crippen MR) is 67.1 cm³/mol. The van der Waals surface area contributed by atoms with Crippen molar-refractivity contribution in [2.75, 3.05) is 16.8 Å². The molecule has 3 nitrogen and oxygen atoms in total. The molecule has 0 saturated carbocycles. The van der Waals surface area contributed by atoms with Crippen molar-refractivity contribution in [2.45, 2.75) is 13.3 Å². The number of anilines is 1. The number of aromatic hydroxyl groups is 1. The van der Waals surface area contributed by atoms with E-state index in [1.54, 1.807) is 23.1 Å². The van der Waals surface area contributed by atoms with Crippen molar-refractivity contribution in [1.29, 1.82) is 0 Å². The monoisotopic (exact) mass is 283 g/mol. The lowest BCUT2D eigenvalue weighted by Gasteiger charge is -2.19. The summed E-state index contributed by atoms with van der Waals surface area (Å²) in [5.41, 5.74) is 1.84. The highest BCUT2D eigenvalue weighted by Gasteiger charge is 2.30. The molecule has 1 saturated heterocycles. The Labute approximate surface area is 103 Å². The smallest absolute Gasteiger partial charge is 0.227 e. The second kappa shape index (κ2) is 4.45. The van der Waals surface area contributed by atoms with Crippen LogP contribution in [0.3, 0.4) is 0 Å². The lowest BCUT2D eigenvalue weighted by atomic mass is 10.1. The van der Waals surface area contributed by atoms with E-state index in [9.17, 15) is 9.90 Å². The van der Waals surface area contributed by atoms with Gasteiger partial charge in [0, 0.05) is 24.0 Å². The van der Waals surface area contributed by atoms with E-state index < -0.39 is 0 Å². The van der Waals surface area contributed by atoms with E-state index in [2.05, 4.69) is 15.9 Å². The third-order valence-corrected chi connectivity index (χ3v) is 3.81. The molecule has 0 bridgehead atoms. The number of rotatable bonds is 2. The van der Waals surface area contributed by atoms with Gasteiger partial charge < -0.3 is 10.0 Å². The molecular formula is C12H14BrNO2. The molecule has 1 unspecified atom stereocenters. The molecule has 1 aromatic rings. The van der Waals surface area contributed by atoms with Crippen molar-refractivity contribution >= 4 is 27.5 Å². The number of halogens is 1. The van der Waals surface area contributed by atoms with Crippen LogP contribution in [-0.2, 0) is 4.79 Å². The summed E-state index contributed by atoms with van der Waals surface area (Å²) in [5, 5.41) is 10.2. The van der Waals surface area contributed by atoms with E-state index in [0.717, 1.165) is 23.1 Å². The second-order valence-electron chi connectivity index (χ2n) is 4.20. The quantitative estimate of drug-likeness (QED) is 0.847. The molecule has 0 aliphatic carbocycles. The van der Waals surface area contributed by atoms with Crippen LogP contribution in [-0.4, -0.2) is 22.9 Å². The Balaban J connectivity index is 2.28. The molecule has 1 N–H and O–H groups in total. The van der Waals surface area contributed by atoms with Crippen LogP contribution in [0.25, 0.3) is 0 Å². The third-order valence-electron chi connectivity index (χ3n) is 2.89. The maximum Gasteiger partial charge on any atom is 0.227 e. The number of nitrogens with zero attached hydrogens (tertiary/aromatic N) is 1. The molecule has 16 heavy (non-hydrogen) atoms. The van der Waals surface area contributed by atoms with Gasteiger partial charge in [-0.05, 0) is 36.6 Å². The molecule has 0 spiro atoms. The first-order valence-corrected chi connectivity index (χ1v) is 6.40. The summed E-state index contributed by atoms with van der Waals surface area (Å²) in [6, 6.07) is 5.11. The van der Waals surface area contributed by atoms with E-state index in [4.69, 9.17) is 0 Å². The van der Waals surface area contributed by atoms with Crippen LogP contribution in [0.2, 0.25) is 0 Å². The van der Waals surface area contributed by atoms with Gasteiger partial charge in [0.15, 0.2) is 0 Å². The van der Waals surface area contributed by atoms with Crippen LogP contribution >= 0.6 is 15.9 Å². The molecule has 1 heterocycles. The Morgan fingerprint density at radius 1 is 1.56 bits per heavy atom. The maximum absolute atomic E-state index is 11.8. The Hall–Kier alpha value is -1.03. The zero-order valence-corrected chi connectivity index (χ0v) is 10.7. The standard InChI is InChI=1S/C12H14BrNO2/c1-8-4-10(15)2-3-11(8)14-7-9(6-13)5-12(14)16/h2-4,9,15H,5-7H2,1H3. The van der Waals surface area contributed by atoms with Crippen LogP contribution in [0.1, 0.15) is 12.0 Å². The Kier molecular flexibility index (Phi) is 3.19. The van der Waals surface area contributed by atoms with Gasteiger partial charge in [-0.25, -0.2) is 0 Å². The number of hydrogen-bond donors (Lipinski definition) is 1. The van der Waals surface area contributed by atoms with E-state index in [1.165, 1.54) is 0 Å². The molecule has 1 amide bonds. The molecule has 4 heteroatoms. The Morgan fingerprint density at radius 2 is 2.31 bits per heavy atom. The van der Waals surface area contributed by atoms with E-state index >= 15 is 0 Å². The highest BCUT2D eigenvalue weighted by Crippen LogP contribution is 2.30. The fourth-order valence-electron chi connectivity index (χ4n) is 2.06. The number of amides is 1. The first-order chi connectivity index (χ1) is 7.61. The first kappa shape index (κ1) is 11.5.